The summed E-state index contributed by atoms with van der Waals surface area (Å²) in [6.07, 6.45) is 25.5. The molecule has 0 bridgehead atoms. The van der Waals surface area contributed by atoms with Crippen LogP contribution in [-0.2, 0) is 0 Å². The summed E-state index contributed by atoms with van der Waals surface area (Å²) in [7, 11) is 6.86. The molecule has 0 amide bonds. The quantitative estimate of drug-likeness (QED) is 0.120. The average Bonchev–Trinajstić information content (AvgIpc) is 2.79. The van der Waals surface area contributed by atoms with Crippen LogP contribution in [0.3, 0.4) is 0 Å². The van der Waals surface area contributed by atoms with Gasteiger partial charge in [-0.3, -0.25) is 0 Å². The minimum atomic E-state index is 0. The van der Waals surface area contributed by atoms with Crippen molar-refractivity contribution in [3.8, 4) is 0 Å². The van der Waals surface area contributed by atoms with E-state index in [1.165, 1.54) is 153 Å². The van der Waals surface area contributed by atoms with Gasteiger partial charge in [0.05, 0.1) is 53.9 Å². The normalized spacial score (nSPS) is 11.3. The summed E-state index contributed by atoms with van der Waals surface area (Å²) in [6, 6.07) is 0. The van der Waals surface area contributed by atoms with E-state index < -0.39 is 0 Å². The van der Waals surface area contributed by atoms with Gasteiger partial charge in [0.15, 0.2) is 0 Å². The van der Waals surface area contributed by atoms with E-state index in [9.17, 15) is 0 Å². The first kappa shape index (κ1) is 43.0. The van der Waals surface area contributed by atoms with E-state index in [0.717, 1.165) is 4.48 Å². The molecule has 0 aliphatic heterocycles. The number of hydrogen-bond acceptors (Lipinski definition) is 0. The van der Waals surface area contributed by atoms with Gasteiger partial charge < -0.3 is 42.9 Å². The maximum Gasteiger partial charge on any atom is 0.0786 e. The third kappa shape index (κ3) is 32.9. The molecule has 218 valence electrons. The van der Waals surface area contributed by atoms with Crippen LogP contribution in [0.2, 0.25) is 0 Å². The van der Waals surface area contributed by atoms with Crippen LogP contribution in [0.4, 0.5) is 0 Å². The van der Waals surface area contributed by atoms with Gasteiger partial charge in [-0.25, -0.2) is 0 Å². The number of unbranched alkanes of at least 4 members (excludes halogenated alkanes) is 13. The fraction of sp³-hybridized carbons (Fsp3) is 1.00. The fourth-order valence-corrected chi connectivity index (χ4v) is 4.72. The van der Waals surface area contributed by atoms with Gasteiger partial charge in [-0.15, -0.1) is 0 Å². The zero-order chi connectivity index (χ0) is 25.3. The molecule has 0 aromatic rings. The number of nitrogens with zero attached hydrogens (tertiary/aromatic N) is 2. The van der Waals surface area contributed by atoms with Crippen LogP contribution in [0, 0.1) is 0 Å². The SMILES string of the molecule is CCCCCCCCCCCC[N+](C)(C)C.CCCC[N+](CCCC)(CCCC)CCCC.[Br-].[Br-]. The van der Waals surface area contributed by atoms with Crippen LogP contribution in [0.5, 0.6) is 0 Å². The average molecular weight is 631 g/mol. The summed E-state index contributed by atoms with van der Waals surface area (Å²) in [5.41, 5.74) is 0. The van der Waals surface area contributed by atoms with Crippen molar-refractivity contribution in [3.05, 3.63) is 0 Å². The van der Waals surface area contributed by atoms with Gasteiger partial charge in [0.25, 0.3) is 0 Å². The number of quaternary nitrogens is 2. The molecule has 0 heterocycles. The van der Waals surface area contributed by atoms with Crippen molar-refractivity contribution in [3.63, 3.8) is 0 Å². The Labute approximate surface area is 246 Å². The van der Waals surface area contributed by atoms with Gasteiger partial charge in [0.2, 0.25) is 0 Å². The van der Waals surface area contributed by atoms with Crippen LogP contribution in [0.25, 0.3) is 0 Å². The molecule has 0 N–H and O–H groups in total. The first-order valence-electron chi connectivity index (χ1n) is 15.5. The summed E-state index contributed by atoms with van der Waals surface area (Å²) < 4.78 is 2.54. The first-order valence-corrected chi connectivity index (χ1v) is 15.5. The number of rotatable bonds is 23. The lowest BCUT2D eigenvalue weighted by Gasteiger charge is -2.39. The summed E-state index contributed by atoms with van der Waals surface area (Å²) in [6.45, 7) is 18.6. The summed E-state index contributed by atoms with van der Waals surface area (Å²) in [5.74, 6) is 0. The number of hydrogen-bond donors (Lipinski definition) is 0. The molecule has 0 radical (unpaired) electrons. The van der Waals surface area contributed by atoms with Crippen LogP contribution in [0.1, 0.15) is 150 Å². The van der Waals surface area contributed by atoms with Gasteiger partial charge in [0, 0.05) is 0 Å². The Bertz CT molecular complexity index is 332. The molecule has 35 heavy (non-hydrogen) atoms. The molecule has 2 nitrogen and oxygen atoms in total. The molecular formula is C31H70Br2N2. The monoisotopic (exact) mass is 628 g/mol. The van der Waals surface area contributed by atoms with E-state index in [2.05, 4.69) is 55.8 Å². The van der Waals surface area contributed by atoms with Gasteiger partial charge in [-0.2, -0.15) is 0 Å². The molecule has 0 rings (SSSR count). The first-order chi connectivity index (χ1) is 15.8. The molecule has 0 saturated carbocycles. The molecule has 0 aliphatic carbocycles. The van der Waals surface area contributed by atoms with E-state index in [1.807, 2.05) is 0 Å². The molecule has 4 heteroatoms. The van der Waals surface area contributed by atoms with Gasteiger partial charge in [-0.05, 0) is 38.5 Å². The van der Waals surface area contributed by atoms with Crippen LogP contribution in [-0.4, -0.2) is 62.8 Å². The highest BCUT2D eigenvalue weighted by atomic mass is 79.9. The Kier molecular flexibility index (Phi) is 38.2. The Morgan fingerprint density at radius 3 is 0.829 bits per heavy atom. The zero-order valence-corrected chi connectivity index (χ0v) is 29.1. The van der Waals surface area contributed by atoms with E-state index in [1.54, 1.807) is 0 Å². The molecule has 0 aromatic carbocycles. The highest BCUT2D eigenvalue weighted by Gasteiger charge is 2.24. The van der Waals surface area contributed by atoms with Crippen molar-refractivity contribution in [2.45, 2.75) is 150 Å². The predicted octanol–water partition coefficient (Wildman–Crippen LogP) is 3.63. The molecule has 0 aliphatic rings. The lowest BCUT2D eigenvalue weighted by Crippen LogP contribution is -3.00. The van der Waals surface area contributed by atoms with Gasteiger partial charge in [0.1, 0.15) is 0 Å². The second-order valence-corrected chi connectivity index (χ2v) is 11.8. The minimum Gasteiger partial charge on any atom is -1.00 e. The molecule has 0 spiro atoms. The third-order valence-corrected chi connectivity index (χ3v) is 7.13. The fourth-order valence-electron chi connectivity index (χ4n) is 4.72. The topological polar surface area (TPSA) is 0 Å². The van der Waals surface area contributed by atoms with E-state index in [0.29, 0.717) is 0 Å². The highest BCUT2D eigenvalue weighted by Crippen LogP contribution is 2.16. The van der Waals surface area contributed by atoms with Crippen molar-refractivity contribution in [1.82, 2.24) is 0 Å². The molecule has 0 aromatic heterocycles. The Morgan fingerprint density at radius 2 is 0.571 bits per heavy atom. The second kappa shape index (κ2) is 31.1. The molecule has 0 saturated heterocycles. The molecule has 0 unspecified atom stereocenters. The Balaban J connectivity index is -0.000000260. The van der Waals surface area contributed by atoms with E-state index >= 15 is 0 Å². The minimum absolute atomic E-state index is 0. The van der Waals surface area contributed by atoms with Crippen molar-refractivity contribution >= 4 is 0 Å². The molecular weight excluding hydrogens is 560 g/mol. The van der Waals surface area contributed by atoms with Crippen LogP contribution in [0.15, 0.2) is 0 Å². The lowest BCUT2D eigenvalue weighted by atomic mass is 10.1. The summed E-state index contributed by atoms with van der Waals surface area (Å²) >= 11 is 0. The largest absolute Gasteiger partial charge is 1.00 e. The van der Waals surface area contributed by atoms with Crippen molar-refractivity contribution in [1.29, 1.82) is 0 Å². The van der Waals surface area contributed by atoms with Gasteiger partial charge in [-0.1, -0.05) is 112 Å². The predicted molar refractivity (Wildman–Crippen MR) is 154 cm³/mol. The Hall–Kier alpha value is 0.880. The Morgan fingerprint density at radius 1 is 0.314 bits per heavy atom. The van der Waals surface area contributed by atoms with Crippen molar-refractivity contribution in [2.24, 2.45) is 0 Å². The zero-order valence-electron chi connectivity index (χ0n) is 25.9. The smallest absolute Gasteiger partial charge is 0.0786 e. The standard InChI is InChI=1S/C16H36N.C15H34N.2BrH/c1-5-9-13-17(14-10-6-2,15-11-7-3)16-12-8-4;1-5-6-7-8-9-10-11-12-13-14-15-16(2,3)4;;/h5-16H2,1-4H3;5-15H2,1-4H3;2*1H/q2*+1;;/p-2. The van der Waals surface area contributed by atoms with Crippen molar-refractivity contribution < 1.29 is 42.9 Å². The van der Waals surface area contributed by atoms with Crippen LogP contribution < -0.4 is 34.0 Å². The highest BCUT2D eigenvalue weighted by molar-refractivity contribution is 4.49. The molecule has 0 fully saturated rings. The lowest BCUT2D eigenvalue weighted by molar-refractivity contribution is -0.929. The molecule has 0 atom stereocenters. The van der Waals surface area contributed by atoms with E-state index in [4.69, 9.17) is 0 Å². The second-order valence-electron chi connectivity index (χ2n) is 11.8. The summed E-state index contributed by atoms with van der Waals surface area (Å²) in [5, 5.41) is 0. The van der Waals surface area contributed by atoms with Crippen LogP contribution >= 0.6 is 0 Å². The van der Waals surface area contributed by atoms with Crippen molar-refractivity contribution in [2.75, 3.05) is 53.9 Å². The van der Waals surface area contributed by atoms with Gasteiger partial charge >= 0.3 is 0 Å². The summed E-state index contributed by atoms with van der Waals surface area (Å²) in [4.78, 5) is 0. The maximum atomic E-state index is 2.33. The number of halogens is 2. The van der Waals surface area contributed by atoms with E-state index in [-0.39, 0.29) is 34.0 Å². The maximum absolute atomic E-state index is 2.33. The third-order valence-electron chi connectivity index (χ3n) is 7.13.